The van der Waals surface area contributed by atoms with Gasteiger partial charge in [-0.15, -0.1) is 11.3 Å². The normalized spacial score (nSPS) is 14.7. The first-order valence-electron chi connectivity index (χ1n) is 5.85. The minimum atomic E-state index is 0.679. The monoisotopic (exact) mass is 245 g/mol. The van der Waals surface area contributed by atoms with Gasteiger partial charge in [-0.05, 0) is 24.5 Å². The van der Waals surface area contributed by atoms with E-state index in [0.717, 1.165) is 13.1 Å². The summed E-state index contributed by atoms with van der Waals surface area (Å²) >= 11 is 1.64. The van der Waals surface area contributed by atoms with Crippen LogP contribution in [-0.2, 0) is 13.0 Å². The molecule has 0 spiro atoms. The van der Waals surface area contributed by atoms with Crippen LogP contribution in [0.1, 0.15) is 16.9 Å². The molecule has 0 saturated heterocycles. The number of rotatable bonds is 2. The Morgan fingerprint density at radius 3 is 3.06 bits per heavy atom. The molecule has 1 aliphatic heterocycles. The van der Waals surface area contributed by atoms with Crippen LogP contribution in [0.4, 0.5) is 11.5 Å². The standard InChI is InChI=1S/C13H15N3S/c14-13-12(17-9-15-13)8-16-7-3-5-10-4-1-2-6-11(10)16/h1-2,4,6,9H,3,5,7-8,14H2. The van der Waals surface area contributed by atoms with Crippen molar-refractivity contribution in [1.82, 2.24) is 4.98 Å². The molecular formula is C13H15N3S. The summed E-state index contributed by atoms with van der Waals surface area (Å²) in [5.74, 6) is 0.679. The van der Waals surface area contributed by atoms with Crippen LogP contribution in [-0.4, -0.2) is 11.5 Å². The van der Waals surface area contributed by atoms with Gasteiger partial charge in [0.2, 0.25) is 0 Å². The Kier molecular flexibility index (Phi) is 2.73. The molecule has 1 aromatic carbocycles. The predicted molar refractivity (Wildman–Crippen MR) is 72.3 cm³/mol. The van der Waals surface area contributed by atoms with Gasteiger partial charge in [-0.3, -0.25) is 0 Å². The molecule has 2 heterocycles. The molecule has 0 unspecified atom stereocenters. The predicted octanol–water partition coefficient (Wildman–Crippen LogP) is 2.68. The summed E-state index contributed by atoms with van der Waals surface area (Å²) in [6.45, 7) is 1.99. The summed E-state index contributed by atoms with van der Waals surface area (Å²) < 4.78 is 0. The van der Waals surface area contributed by atoms with Gasteiger partial charge in [0.05, 0.1) is 16.9 Å². The molecule has 0 bridgehead atoms. The lowest BCUT2D eigenvalue weighted by Gasteiger charge is -2.30. The van der Waals surface area contributed by atoms with Gasteiger partial charge in [-0.2, -0.15) is 0 Å². The Bertz CT molecular complexity index is 521. The van der Waals surface area contributed by atoms with Crippen LogP contribution < -0.4 is 10.6 Å². The smallest absolute Gasteiger partial charge is 0.139 e. The minimum absolute atomic E-state index is 0.679. The Morgan fingerprint density at radius 1 is 1.35 bits per heavy atom. The fourth-order valence-corrected chi connectivity index (χ4v) is 3.04. The molecule has 0 saturated carbocycles. The number of nitrogen functional groups attached to an aromatic ring is 1. The third-order valence-electron chi connectivity index (χ3n) is 3.21. The molecule has 1 aromatic heterocycles. The first kappa shape index (κ1) is 10.6. The zero-order valence-corrected chi connectivity index (χ0v) is 10.4. The second kappa shape index (κ2) is 4.37. The van der Waals surface area contributed by atoms with Crippen LogP contribution in [0.2, 0.25) is 0 Å². The van der Waals surface area contributed by atoms with Crippen molar-refractivity contribution in [2.75, 3.05) is 17.2 Å². The molecule has 0 radical (unpaired) electrons. The molecule has 17 heavy (non-hydrogen) atoms. The number of nitrogens with zero attached hydrogens (tertiary/aromatic N) is 2. The Morgan fingerprint density at radius 2 is 2.24 bits per heavy atom. The van der Waals surface area contributed by atoms with Crippen molar-refractivity contribution in [2.24, 2.45) is 0 Å². The Labute approximate surface area is 105 Å². The van der Waals surface area contributed by atoms with Gasteiger partial charge in [-0.25, -0.2) is 4.98 Å². The van der Waals surface area contributed by atoms with Crippen LogP contribution in [0.25, 0.3) is 0 Å². The summed E-state index contributed by atoms with van der Waals surface area (Å²) in [4.78, 5) is 7.68. The highest BCUT2D eigenvalue weighted by atomic mass is 32.1. The third kappa shape index (κ3) is 2.00. The number of thiazole rings is 1. The molecule has 2 N–H and O–H groups in total. The zero-order valence-electron chi connectivity index (χ0n) is 9.60. The van der Waals surface area contributed by atoms with E-state index >= 15 is 0 Å². The van der Waals surface area contributed by atoms with E-state index in [-0.39, 0.29) is 0 Å². The molecule has 88 valence electrons. The van der Waals surface area contributed by atoms with Gasteiger partial charge >= 0.3 is 0 Å². The molecule has 3 rings (SSSR count). The van der Waals surface area contributed by atoms with Gasteiger partial charge in [0, 0.05) is 12.2 Å². The van der Waals surface area contributed by atoms with E-state index in [2.05, 4.69) is 34.1 Å². The van der Waals surface area contributed by atoms with Crippen LogP contribution in [0.3, 0.4) is 0 Å². The minimum Gasteiger partial charge on any atom is -0.383 e. The quantitative estimate of drug-likeness (QED) is 0.884. The van der Waals surface area contributed by atoms with Gasteiger partial charge in [-0.1, -0.05) is 18.2 Å². The van der Waals surface area contributed by atoms with E-state index in [1.54, 1.807) is 11.3 Å². The van der Waals surface area contributed by atoms with Crippen molar-refractivity contribution in [1.29, 1.82) is 0 Å². The number of aryl methyl sites for hydroxylation is 1. The lowest BCUT2D eigenvalue weighted by Crippen LogP contribution is -2.28. The summed E-state index contributed by atoms with van der Waals surface area (Å²) in [6.07, 6.45) is 2.40. The highest BCUT2D eigenvalue weighted by Gasteiger charge is 2.17. The first-order chi connectivity index (χ1) is 8.34. The number of para-hydroxylation sites is 1. The molecule has 0 atom stereocenters. The van der Waals surface area contributed by atoms with Crippen molar-refractivity contribution in [3.8, 4) is 0 Å². The topological polar surface area (TPSA) is 42.1 Å². The van der Waals surface area contributed by atoms with Crippen LogP contribution in [0.5, 0.6) is 0 Å². The second-order valence-corrected chi connectivity index (χ2v) is 5.25. The molecular weight excluding hydrogens is 230 g/mol. The van der Waals surface area contributed by atoms with Gasteiger partial charge in [0.25, 0.3) is 0 Å². The summed E-state index contributed by atoms with van der Waals surface area (Å²) in [6, 6.07) is 8.64. The van der Waals surface area contributed by atoms with Crippen molar-refractivity contribution in [3.63, 3.8) is 0 Å². The fourth-order valence-electron chi connectivity index (χ4n) is 2.35. The molecule has 0 aliphatic carbocycles. The third-order valence-corrected chi connectivity index (χ3v) is 4.05. The van der Waals surface area contributed by atoms with Crippen molar-refractivity contribution in [2.45, 2.75) is 19.4 Å². The Balaban J connectivity index is 1.88. The fraction of sp³-hybridized carbons (Fsp3) is 0.308. The number of nitrogens with two attached hydrogens (primary N) is 1. The van der Waals surface area contributed by atoms with E-state index in [1.165, 1.54) is 29.0 Å². The van der Waals surface area contributed by atoms with E-state index in [1.807, 2.05) is 5.51 Å². The lowest BCUT2D eigenvalue weighted by atomic mass is 10.0. The second-order valence-electron chi connectivity index (χ2n) is 4.31. The number of benzene rings is 1. The first-order valence-corrected chi connectivity index (χ1v) is 6.73. The van der Waals surface area contributed by atoms with Gasteiger partial charge < -0.3 is 10.6 Å². The van der Waals surface area contributed by atoms with Crippen molar-refractivity contribution < 1.29 is 0 Å². The van der Waals surface area contributed by atoms with Crippen LogP contribution >= 0.6 is 11.3 Å². The molecule has 0 amide bonds. The number of hydrogen-bond donors (Lipinski definition) is 1. The number of hydrogen-bond acceptors (Lipinski definition) is 4. The SMILES string of the molecule is Nc1ncsc1CN1CCCc2ccccc21. The maximum absolute atomic E-state index is 5.85. The molecule has 1 aliphatic rings. The van der Waals surface area contributed by atoms with E-state index in [0.29, 0.717) is 5.82 Å². The van der Waals surface area contributed by atoms with E-state index < -0.39 is 0 Å². The van der Waals surface area contributed by atoms with E-state index in [4.69, 9.17) is 5.73 Å². The maximum atomic E-state index is 5.85. The zero-order chi connectivity index (χ0) is 11.7. The summed E-state index contributed by atoms with van der Waals surface area (Å²) in [5.41, 5.74) is 10.5. The summed E-state index contributed by atoms with van der Waals surface area (Å²) in [7, 11) is 0. The van der Waals surface area contributed by atoms with Gasteiger partial charge in [0.15, 0.2) is 0 Å². The van der Waals surface area contributed by atoms with Crippen molar-refractivity contribution >= 4 is 22.8 Å². The number of anilines is 2. The molecule has 4 heteroatoms. The highest BCUT2D eigenvalue weighted by Crippen LogP contribution is 2.29. The average molecular weight is 245 g/mol. The Hall–Kier alpha value is -1.55. The molecule has 0 fully saturated rings. The van der Waals surface area contributed by atoms with Crippen molar-refractivity contribution in [3.05, 3.63) is 40.2 Å². The largest absolute Gasteiger partial charge is 0.383 e. The maximum Gasteiger partial charge on any atom is 0.139 e. The van der Waals surface area contributed by atoms with Gasteiger partial charge in [0.1, 0.15) is 5.82 Å². The number of fused-ring (bicyclic) bond motifs is 1. The van der Waals surface area contributed by atoms with E-state index in [9.17, 15) is 0 Å². The van der Waals surface area contributed by atoms with Crippen LogP contribution in [0.15, 0.2) is 29.8 Å². The lowest BCUT2D eigenvalue weighted by molar-refractivity contribution is 0.695. The highest BCUT2D eigenvalue weighted by molar-refractivity contribution is 7.10. The molecule has 2 aromatic rings. The molecule has 3 nitrogen and oxygen atoms in total. The average Bonchev–Trinajstić information content (AvgIpc) is 2.76. The van der Waals surface area contributed by atoms with Crippen LogP contribution in [0, 0.1) is 0 Å². The summed E-state index contributed by atoms with van der Waals surface area (Å²) in [5, 5.41) is 0. The number of aromatic nitrogens is 1.